The second-order valence-electron chi connectivity index (χ2n) is 5.97. The molecule has 0 radical (unpaired) electrons. The molecule has 0 fully saturated rings. The number of aromatic nitrogens is 1. The Labute approximate surface area is 171 Å². The van der Waals surface area contributed by atoms with Gasteiger partial charge in [-0.25, -0.2) is 9.37 Å². The van der Waals surface area contributed by atoms with Crippen LogP contribution in [-0.4, -0.2) is 9.91 Å². The van der Waals surface area contributed by atoms with Crippen LogP contribution in [0.4, 0.5) is 10.1 Å². The summed E-state index contributed by atoms with van der Waals surface area (Å²) in [6, 6.07) is 19.5. The third-order valence-corrected chi connectivity index (χ3v) is 4.55. The van der Waals surface area contributed by atoms with Crippen LogP contribution in [0.2, 0.25) is 5.02 Å². The number of nitro groups is 1. The molecule has 0 atom stereocenters. The van der Waals surface area contributed by atoms with E-state index in [0.29, 0.717) is 38.3 Å². The summed E-state index contributed by atoms with van der Waals surface area (Å²) >= 11 is 6.13. The van der Waals surface area contributed by atoms with Gasteiger partial charge in [-0.1, -0.05) is 41.9 Å². The Morgan fingerprint density at radius 2 is 1.57 bits per heavy atom. The van der Waals surface area contributed by atoms with Crippen molar-refractivity contribution in [2.45, 2.75) is 0 Å². The summed E-state index contributed by atoms with van der Waals surface area (Å²) in [5, 5.41) is 12.6. The Hall–Kier alpha value is -3.02. The van der Waals surface area contributed by atoms with Crippen LogP contribution >= 0.6 is 24.0 Å². The standard InChI is InChI=1S/C21H12ClFN2O2.ClH/c22-13-9-10-19-17(11-13)16(14-5-1-3-7-18(14)23)12-20(24-19)15-6-2-4-8-21(15)25(26)27;/h1-12H;1H. The molecule has 4 aromatic rings. The summed E-state index contributed by atoms with van der Waals surface area (Å²) in [6.45, 7) is 0. The van der Waals surface area contributed by atoms with Gasteiger partial charge < -0.3 is 0 Å². The van der Waals surface area contributed by atoms with Crippen LogP contribution in [-0.2, 0) is 0 Å². The van der Waals surface area contributed by atoms with Gasteiger partial charge in [-0.3, -0.25) is 10.1 Å². The number of nitro benzene ring substituents is 1. The van der Waals surface area contributed by atoms with E-state index in [1.54, 1.807) is 60.7 Å². The van der Waals surface area contributed by atoms with Crippen LogP contribution in [0.5, 0.6) is 0 Å². The number of benzene rings is 3. The molecular formula is C21H13Cl2FN2O2. The number of fused-ring (bicyclic) bond motifs is 1. The summed E-state index contributed by atoms with van der Waals surface area (Å²) in [7, 11) is 0. The lowest BCUT2D eigenvalue weighted by Crippen LogP contribution is -1.95. The van der Waals surface area contributed by atoms with Crippen LogP contribution in [0.15, 0.2) is 72.8 Å². The molecule has 0 spiro atoms. The summed E-state index contributed by atoms with van der Waals surface area (Å²) in [5.41, 5.74) is 2.25. The summed E-state index contributed by atoms with van der Waals surface area (Å²) in [5.74, 6) is -0.390. The van der Waals surface area contributed by atoms with E-state index in [0.717, 1.165) is 0 Å². The average molecular weight is 415 g/mol. The lowest BCUT2D eigenvalue weighted by atomic mass is 9.97. The SMILES string of the molecule is Cl.O=[N+]([O-])c1ccccc1-c1cc(-c2ccccc2F)c2cc(Cl)ccc2n1. The Balaban J connectivity index is 0.00000225. The van der Waals surface area contributed by atoms with Crippen molar-refractivity contribution in [3.63, 3.8) is 0 Å². The first kappa shape index (κ1) is 19.7. The van der Waals surface area contributed by atoms with Gasteiger partial charge in [0.15, 0.2) is 0 Å². The maximum Gasteiger partial charge on any atom is 0.278 e. The van der Waals surface area contributed by atoms with Crippen molar-refractivity contribution < 1.29 is 9.31 Å². The molecule has 4 nitrogen and oxygen atoms in total. The van der Waals surface area contributed by atoms with Crippen molar-refractivity contribution in [1.29, 1.82) is 0 Å². The monoisotopic (exact) mass is 414 g/mol. The lowest BCUT2D eigenvalue weighted by molar-refractivity contribution is -0.384. The van der Waals surface area contributed by atoms with Crippen LogP contribution in [0.25, 0.3) is 33.3 Å². The van der Waals surface area contributed by atoms with E-state index in [9.17, 15) is 14.5 Å². The van der Waals surface area contributed by atoms with Crippen LogP contribution in [0.1, 0.15) is 0 Å². The van der Waals surface area contributed by atoms with Gasteiger partial charge in [0.05, 0.1) is 21.7 Å². The van der Waals surface area contributed by atoms with Crippen LogP contribution in [0.3, 0.4) is 0 Å². The molecule has 0 aliphatic carbocycles. The predicted octanol–water partition coefficient (Wildman–Crippen LogP) is 6.69. The van der Waals surface area contributed by atoms with E-state index in [4.69, 9.17) is 11.6 Å². The highest BCUT2D eigenvalue weighted by molar-refractivity contribution is 6.31. The number of hydrogen-bond acceptors (Lipinski definition) is 3. The fourth-order valence-corrected chi connectivity index (χ4v) is 3.26. The Bertz CT molecular complexity index is 1200. The topological polar surface area (TPSA) is 56.0 Å². The minimum absolute atomic E-state index is 0. The summed E-state index contributed by atoms with van der Waals surface area (Å²) in [4.78, 5) is 15.5. The van der Waals surface area contributed by atoms with E-state index in [2.05, 4.69) is 4.98 Å². The van der Waals surface area contributed by atoms with Gasteiger partial charge in [-0.05, 0) is 42.0 Å². The zero-order chi connectivity index (χ0) is 19.0. The molecule has 140 valence electrons. The van der Waals surface area contributed by atoms with Crippen molar-refractivity contribution in [2.75, 3.05) is 0 Å². The van der Waals surface area contributed by atoms with Crippen molar-refractivity contribution in [3.8, 4) is 22.4 Å². The third-order valence-electron chi connectivity index (χ3n) is 4.31. The zero-order valence-corrected chi connectivity index (χ0v) is 15.9. The van der Waals surface area contributed by atoms with Crippen LogP contribution < -0.4 is 0 Å². The van der Waals surface area contributed by atoms with E-state index >= 15 is 0 Å². The van der Waals surface area contributed by atoms with Gasteiger partial charge in [-0.15, -0.1) is 12.4 Å². The molecule has 0 bridgehead atoms. The molecule has 0 unspecified atom stereocenters. The van der Waals surface area contributed by atoms with E-state index < -0.39 is 10.7 Å². The van der Waals surface area contributed by atoms with E-state index in [1.807, 2.05) is 0 Å². The molecule has 0 aliphatic heterocycles. The summed E-state index contributed by atoms with van der Waals surface area (Å²) in [6.07, 6.45) is 0. The number of nitrogens with zero attached hydrogens (tertiary/aromatic N) is 2. The van der Waals surface area contributed by atoms with Gasteiger partial charge in [0, 0.05) is 22.0 Å². The highest BCUT2D eigenvalue weighted by Crippen LogP contribution is 2.36. The number of para-hydroxylation sites is 1. The summed E-state index contributed by atoms with van der Waals surface area (Å²) < 4.78 is 14.5. The smallest absolute Gasteiger partial charge is 0.258 e. The van der Waals surface area contributed by atoms with Gasteiger partial charge >= 0.3 is 0 Å². The first-order valence-corrected chi connectivity index (χ1v) is 8.51. The van der Waals surface area contributed by atoms with E-state index in [-0.39, 0.29) is 18.1 Å². The Morgan fingerprint density at radius 3 is 2.29 bits per heavy atom. The molecule has 0 N–H and O–H groups in total. The highest BCUT2D eigenvalue weighted by Gasteiger charge is 2.18. The van der Waals surface area contributed by atoms with Gasteiger partial charge in [0.2, 0.25) is 0 Å². The van der Waals surface area contributed by atoms with Crippen LogP contribution in [0, 0.1) is 15.9 Å². The lowest BCUT2D eigenvalue weighted by Gasteiger charge is -2.11. The third kappa shape index (κ3) is 3.54. The second-order valence-corrected chi connectivity index (χ2v) is 6.41. The Kier molecular flexibility index (Phi) is 5.58. The number of halogens is 3. The van der Waals surface area contributed by atoms with Crippen molar-refractivity contribution >= 4 is 40.6 Å². The fraction of sp³-hybridized carbons (Fsp3) is 0. The second kappa shape index (κ2) is 7.92. The minimum Gasteiger partial charge on any atom is -0.258 e. The average Bonchev–Trinajstić information content (AvgIpc) is 2.67. The molecule has 1 heterocycles. The van der Waals surface area contributed by atoms with Crippen molar-refractivity contribution in [1.82, 2.24) is 4.98 Å². The normalized spacial score (nSPS) is 10.5. The molecular weight excluding hydrogens is 402 g/mol. The van der Waals surface area contributed by atoms with Gasteiger partial charge in [0.1, 0.15) is 5.82 Å². The predicted molar refractivity (Wildman–Crippen MR) is 111 cm³/mol. The maximum atomic E-state index is 14.5. The molecule has 4 rings (SSSR count). The Morgan fingerprint density at radius 1 is 0.893 bits per heavy atom. The minimum atomic E-state index is -0.453. The quantitative estimate of drug-likeness (QED) is 0.277. The van der Waals surface area contributed by atoms with Crippen molar-refractivity contribution in [3.05, 3.63) is 93.8 Å². The molecule has 28 heavy (non-hydrogen) atoms. The number of hydrogen-bond donors (Lipinski definition) is 0. The maximum absolute atomic E-state index is 14.5. The first-order valence-electron chi connectivity index (χ1n) is 8.13. The molecule has 3 aromatic carbocycles. The molecule has 0 amide bonds. The first-order chi connectivity index (χ1) is 13.0. The van der Waals surface area contributed by atoms with Gasteiger partial charge in [-0.2, -0.15) is 0 Å². The van der Waals surface area contributed by atoms with E-state index in [1.165, 1.54) is 12.1 Å². The largest absolute Gasteiger partial charge is 0.278 e. The van der Waals surface area contributed by atoms with Crippen molar-refractivity contribution in [2.24, 2.45) is 0 Å². The molecule has 1 aromatic heterocycles. The molecule has 7 heteroatoms. The molecule has 0 aliphatic rings. The zero-order valence-electron chi connectivity index (χ0n) is 14.3. The highest BCUT2D eigenvalue weighted by atomic mass is 35.5. The number of pyridine rings is 1. The number of rotatable bonds is 3. The molecule has 0 saturated heterocycles. The fourth-order valence-electron chi connectivity index (χ4n) is 3.09. The molecule has 0 saturated carbocycles. The van der Waals surface area contributed by atoms with Gasteiger partial charge in [0.25, 0.3) is 5.69 Å².